The van der Waals surface area contributed by atoms with Gasteiger partial charge in [-0.25, -0.2) is 9.78 Å². The number of aromatic amines is 1. The van der Waals surface area contributed by atoms with E-state index < -0.39 is 5.69 Å². The lowest BCUT2D eigenvalue weighted by Gasteiger charge is -2.23. The van der Waals surface area contributed by atoms with Gasteiger partial charge in [0, 0.05) is 36.3 Å². The van der Waals surface area contributed by atoms with Crippen molar-refractivity contribution in [3.63, 3.8) is 0 Å². The molecule has 0 saturated carbocycles. The van der Waals surface area contributed by atoms with Crippen LogP contribution in [0.1, 0.15) is 23.2 Å². The molecule has 1 aliphatic heterocycles. The van der Waals surface area contributed by atoms with Gasteiger partial charge in [-0.05, 0) is 25.0 Å². The van der Waals surface area contributed by atoms with E-state index in [1.807, 2.05) is 4.90 Å². The number of nitrogens with zero attached hydrogens (tertiary/aromatic N) is 2. The molecule has 0 unspecified atom stereocenters. The summed E-state index contributed by atoms with van der Waals surface area (Å²) in [7, 11) is 0. The molecule has 3 rings (SSSR count). The Morgan fingerprint density at radius 2 is 2.35 bits per heavy atom. The Labute approximate surface area is 115 Å². The van der Waals surface area contributed by atoms with Gasteiger partial charge in [0.05, 0.1) is 5.52 Å². The quantitative estimate of drug-likeness (QED) is 0.832. The standard InChI is InChI=1S/C14H16N4O2/c15-7-11-2-1-5-18(11)13(19)9-3-4-10-8-16-14(20)17-12(10)6-9/h3-4,6,8,11H,1-2,5,7,15H2,(H,16,17,20)/t11-/m1/s1. The second kappa shape index (κ2) is 5.05. The molecule has 1 aliphatic rings. The molecule has 0 aliphatic carbocycles. The summed E-state index contributed by atoms with van der Waals surface area (Å²) in [4.78, 5) is 31.9. The minimum atomic E-state index is -0.414. The predicted molar refractivity (Wildman–Crippen MR) is 75.5 cm³/mol. The molecular weight excluding hydrogens is 256 g/mol. The first kappa shape index (κ1) is 12.8. The average molecular weight is 272 g/mol. The number of H-pyrrole nitrogens is 1. The van der Waals surface area contributed by atoms with E-state index in [0.29, 0.717) is 17.6 Å². The van der Waals surface area contributed by atoms with E-state index in [9.17, 15) is 9.59 Å². The molecule has 1 aromatic heterocycles. The number of nitrogens with two attached hydrogens (primary N) is 1. The summed E-state index contributed by atoms with van der Waals surface area (Å²) >= 11 is 0. The molecule has 104 valence electrons. The molecule has 2 aromatic rings. The summed E-state index contributed by atoms with van der Waals surface area (Å²) in [6, 6.07) is 5.37. The number of carbonyl (C=O) groups excluding carboxylic acids is 1. The number of benzene rings is 1. The number of carbonyl (C=O) groups is 1. The maximum absolute atomic E-state index is 12.5. The van der Waals surface area contributed by atoms with Crippen molar-refractivity contribution in [2.45, 2.75) is 18.9 Å². The lowest BCUT2D eigenvalue weighted by atomic mass is 10.1. The minimum absolute atomic E-state index is 0.0301. The number of aromatic nitrogens is 2. The van der Waals surface area contributed by atoms with Gasteiger partial charge < -0.3 is 15.6 Å². The Bertz CT molecular complexity index is 710. The fourth-order valence-electron chi connectivity index (χ4n) is 2.70. The third-order valence-electron chi connectivity index (χ3n) is 3.77. The Morgan fingerprint density at radius 3 is 3.15 bits per heavy atom. The van der Waals surface area contributed by atoms with Crippen molar-refractivity contribution in [1.29, 1.82) is 0 Å². The molecule has 20 heavy (non-hydrogen) atoms. The maximum Gasteiger partial charge on any atom is 0.345 e. The van der Waals surface area contributed by atoms with Crippen molar-refractivity contribution in [2.24, 2.45) is 5.73 Å². The monoisotopic (exact) mass is 272 g/mol. The average Bonchev–Trinajstić information content (AvgIpc) is 2.94. The van der Waals surface area contributed by atoms with Crippen LogP contribution in [0.5, 0.6) is 0 Å². The summed E-state index contributed by atoms with van der Waals surface area (Å²) in [5.74, 6) is -0.0301. The van der Waals surface area contributed by atoms with Crippen molar-refractivity contribution in [1.82, 2.24) is 14.9 Å². The molecule has 0 spiro atoms. The summed E-state index contributed by atoms with van der Waals surface area (Å²) in [5, 5.41) is 0.804. The Hall–Kier alpha value is -2.21. The highest BCUT2D eigenvalue weighted by molar-refractivity contribution is 5.98. The highest BCUT2D eigenvalue weighted by Crippen LogP contribution is 2.20. The number of fused-ring (bicyclic) bond motifs is 1. The van der Waals surface area contributed by atoms with Gasteiger partial charge in [-0.1, -0.05) is 6.07 Å². The third kappa shape index (κ3) is 2.18. The molecule has 0 bridgehead atoms. The van der Waals surface area contributed by atoms with Crippen molar-refractivity contribution in [3.05, 3.63) is 40.4 Å². The van der Waals surface area contributed by atoms with E-state index in [1.54, 1.807) is 18.2 Å². The van der Waals surface area contributed by atoms with E-state index in [4.69, 9.17) is 5.73 Å². The fourth-order valence-corrected chi connectivity index (χ4v) is 2.70. The zero-order valence-corrected chi connectivity index (χ0v) is 11.0. The van der Waals surface area contributed by atoms with Crippen LogP contribution in [0.15, 0.2) is 29.2 Å². The lowest BCUT2D eigenvalue weighted by molar-refractivity contribution is 0.0741. The smallest absolute Gasteiger partial charge is 0.334 e. The van der Waals surface area contributed by atoms with Gasteiger partial charge >= 0.3 is 5.69 Å². The highest BCUT2D eigenvalue weighted by atomic mass is 16.2. The molecule has 1 fully saturated rings. The van der Waals surface area contributed by atoms with E-state index in [2.05, 4.69) is 9.97 Å². The van der Waals surface area contributed by atoms with Crippen molar-refractivity contribution >= 4 is 16.8 Å². The van der Waals surface area contributed by atoms with E-state index in [-0.39, 0.29) is 11.9 Å². The molecular formula is C14H16N4O2. The Kier molecular flexibility index (Phi) is 3.23. The van der Waals surface area contributed by atoms with Gasteiger partial charge in [0.25, 0.3) is 5.91 Å². The normalized spacial score (nSPS) is 18.6. The van der Waals surface area contributed by atoms with E-state index in [1.165, 1.54) is 6.20 Å². The molecule has 1 aromatic carbocycles. The second-order valence-corrected chi connectivity index (χ2v) is 5.02. The number of hydrogen-bond acceptors (Lipinski definition) is 4. The summed E-state index contributed by atoms with van der Waals surface area (Å²) in [6.07, 6.45) is 3.44. The Morgan fingerprint density at radius 1 is 1.50 bits per heavy atom. The molecule has 1 amide bonds. The number of hydrogen-bond donors (Lipinski definition) is 2. The minimum Gasteiger partial charge on any atom is -0.334 e. The predicted octanol–water partition coefficient (Wildman–Crippen LogP) is 0.486. The first-order valence-electron chi connectivity index (χ1n) is 6.69. The SMILES string of the molecule is NC[C@H]1CCCN1C(=O)c1ccc2cnc(=O)[nH]c2c1. The number of nitrogens with one attached hydrogen (secondary N) is 1. The van der Waals surface area contributed by atoms with Crippen LogP contribution in [0.3, 0.4) is 0 Å². The van der Waals surface area contributed by atoms with Gasteiger partial charge in [0.2, 0.25) is 0 Å². The van der Waals surface area contributed by atoms with Gasteiger partial charge in [-0.15, -0.1) is 0 Å². The van der Waals surface area contributed by atoms with Crippen LogP contribution in [0, 0.1) is 0 Å². The van der Waals surface area contributed by atoms with Crippen LogP contribution in [0.25, 0.3) is 10.9 Å². The molecule has 1 atom stereocenters. The summed E-state index contributed by atoms with van der Waals surface area (Å²) in [5.41, 5.74) is 6.48. The van der Waals surface area contributed by atoms with Gasteiger partial charge in [0.1, 0.15) is 0 Å². The molecule has 0 radical (unpaired) electrons. The van der Waals surface area contributed by atoms with Crippen LogP contribution in [-0.2, 0) is 0 Å². The molecule has 1 saturated heterocycles. The zero-order valence-electron chi connectivity index (χ0n) is 11.0. The van der Waals surface area contributed by atoms with Crippen LogP contribution < -0.4 is 11.4 Å². The number of amides is 1. The largest absolute Gasteiger partial charge is 0.345 e. The number of rotatable bonds is 2. The third-order valence-corrected chi connectivity index (χ3v) is 3.77. The number of likely N-dealkylation sites (tertiary alicyclic amines) is 1. The van der Waals surface area contributed by atoms with E-state index in [0.717, 1.165) is 24.8 Å². The molecule has 6 nitrogen and oxygen atoms in total. The molecule has 3 N–H and O–H groups in total. The molecule has 2 heterocycles. The van der Waals surface area contributed by atoms with Gasteiger partial charge in [0.15, 0.2) is 0 Å². The van der Waals surface area contributed by atoms with Crippen LogP contribution >= 0.6 is 0 Å². The van der Waals surface area contributed by atoms with Crippen LogP contribution in [0.2, 0.25) is 0 Å². The highest BCUT2D eigenvalue weighted by Gasteiger charge is 2.28. The van der Waals surface area contributed by atoms with Crippen molar-refractivity contribution in [2.75, 3.05) is 13.1 Å². The first-order valence-corrected chi connectivity index (χ1v) is 6.69. The second-order valence-electron chi connectivity index (χ2n) is 5.02. The zero-order chi connectivity index (χ0) is 14.1. The lowest BCUT2D eigenvalue weighted by Crippen LogP contribution is -2.39. The van der Waals surface area contributed by atoms with Crippen molar-refractivity contribution < 1.29 is 4.79 Å². The van der Waals surface area contributed by atoms with Crippen molar-refractivity contribution in [3.8, 4) is 0 Å². The molecule has 6 heteroatoms. The van der Waals surface area contributed by atoms with Gasteiger partial charge in [-0.3, -0.25) is 4.79 Å². The summed E-state index contributed by atoms with van der Waals surface area (Å²) < 4.78 is 0. The van der Waals surface area contributed by atoms with Crippen LogP contribution in [-0.4, -0.2) is 39.9 Å². The van der Waals surface area contributed by atoms with E-state index >= 15 is 0 Å². The van der Waals surface area contributed by atoms with Gasteiger partial charge in [-0.2, -0.15) is 0 Å². The fraction of sp³-hybridized carbons (Fsp3) is 0.357. The summed E-state index contributed by atoms with van der Waals surface area (Å²) in [6.45, 7) is 1.23. The first-order chi connectivity index (χ1) is 9.69. The van der Waals surface area contributed by atoms with Crippen LogP contribution in [0.4, 0.5) is 0 Å². The maximum atomic E-state index is 12.5. The Balaban J connectivity index is 1.97. The topological polar surface area (TPSA) is 92.1 Å².